The number of aryl methyl sites for hydroxylation is 1. The second-order valence-corrected chi connectivity index (χ2v) is 9.63. The van der Waals surface area contributed by atoms with E-state index in [1.165, 1.54) is 23.5 Å². The molecular formula is C29H29N9O2. The van der Waals surface area contributed by atoms with Crippen LogP contribution in [0.2, 0.25) is 0 Å². The summed E-state index contributed by atoms with van der Waals surface area (Å²) in [6.45, 7) is 8.02. The van der Waals surface area contributed by atoms with Gasteiger partial charge in [0.05, 0.1) is 12.1 Å². The molecule has 0 bridgehead atoms. The minimum atomic E-state index is -0.199. The van der Waals surface area contributed by atoms with Gasteiger partial charge in [0.1, 0.15) is 18.2 Å². The summed E-state index contributed by atoms with van der Waals surface area (Å²) in [5, 5.41) is 10.4. The quantitative estimate of drug-likeness (QED) is 0.287. The van der Waals surface area contributed by atoms with Gasteiger partial charge in [0.25, 0.3) is 0 Å². The number of pyridine rings is 2. The van der Waals surface area contributed by atoms with Crippen LogP contribution in [0.15, 0.2) is 67.9 Å². The minimum Gasteiger partial charge on any atom is -0.490 e. The summed E-state index contributed by atoms with van der Waals surface area (Å²) in [7, 11) is 0. The molecule has 0 saturated heterocycles. The molecule has 1 aliphatic rings. The molecule has 0 aliphatic carbocycles. The fourth-order valence-electron chi connectivity index (χ4n) is 4.83. The average molecular weight is 536 g/mol. The van der Waals surface area contributed by atoms with Gasteiger partial charge in [0, 0.05) is 37.6 Å². The SMILES string of the molecule is C=CC(=O)NCCN1CCCOc2cc3ncnc(Nc4ccc(Cc5ccn6ncnc6c5)c(C)c4)c3nc21. The molecule has 6 rings (SSSR count). The summed E-state index contributed by atoms with van der Waals surface area (Å²) in [5.41, 5.74) is 6.64. The fourth-order valence-corrected chi connectivity index (χ4v) is 4.83. The largest absolute Gasteiger partial charge is 0.490 e. The Hall–Kier alpha value is -5.06. The molecule has 2 N–H and O–H groups in total. The molecule has 5 heterocycles. The van der Waals surface area contributed by atoms with Gasteiger partial charge in [-0.2, -0.15) is 5.10 Å². The van der Waals surface area contributed by atoms with Gasteiger partial charge in [-0.15, -0.1) is 0 Å². The van der Waals surface area contributed by atoms with Crippen LogP contribution in [-0.4, -0.2) is 61.7 Å². The molecule has 202 valence electrons. The third kappa shape index (κ3) is 5.26. The van der Waals surface area contributed by atoms with Crippen molar-refractivity contribution in [3.63, 3.8) is 0 Å². The molecule has 0 unspecified atom stereocenters. The van der Waals surface area contributed by atoms with E-state index in [1.54, 1.807) is 10.8 Å². The molecule has 11 heteroatoms. The first-order valence-corrected chi connectivity index (χ1v) is 13.2. The maximum absolute atomic E-state index is 11.6. The van der Waals surface area contributed by atoms with Gasteiger partial charge in [0.15, 0.2) is 23.0 Å². The van der Waals surface area contributed by atoms with E-state index in [0.29, 0.717) is 48.1 Å². The number of anilines is 3. The van der Waals surface area contributed by atoms with Crippen LogP contribution in [0.25, 0.3) is 16.7 Å². The van der Waals surface area contributed by atoms with Crippen LogP contribution >= 0.6 is 0 Å². The zero-order chi connectivity index (χ0) is 27.5. The van der Waals surface area contributed by atoms with Gasteiger partial charge < -0.3 is 20.3 Å². The second kappa shape index (κ2) is 11.0. The fraction of sp³-hybridized carbons (Fsp3) is 0.241. The first-order chi connectivity index (χ1) is 19.6. The highest BCUT2D eigenvalue weighted by molar-refractivity contribution is 5.90. The van der Waals surface area contributed by atoms with E-state index in [9.17, 15) is 4.79 Å². The van der Waals surface area contributed by atoms with E-state index in [4.69, 9.17) is 9.72 Å². The van der Waals surface area contributed by atoms with Gasteiger partial charge >= 0.3 is 0 Å². The normalized spacial score (nSPS) is 13.0. The molecule has 4 aromatic heterocycles. The molecule has 5 aromatic rings. The van der Waals surface area contributed by atoms with Gasteiger partial charge in [-0.25, -0.2) is 24.5 Å². The molecule has 0 atom stereocenters. The van der Waals surface area contributed by atoms with Crippen molar-refractivity contribution in [2.24, 2.45) is 0 Å². The lowest BCUT2D eigenvalue weighted by Crippen LogP contribution is -2.35. The summed E-state index contributed by atoms with van der Waals surface area (Å²) in [5.74, 6) is 1.80. The molecule has 1 aliphatic heterocycles. The summed E-state index contributed by atoms with van der Waals surface area (Å²) in [6, 6.07) is 12.3. The standard InChI is InChI=1S/C29H29N9O2/c1-3-26(39)30-8-11-37-9-4-12-40-24-16-23-27(36-29(24)37)28(33-17-31-23)35-22-6-5-21(19(2)13-22)14-20-7-10-38-25(15-20)32-18-34-38/h3,5-7,10,13,15-18H,1,4,8-9,11-12,14H2,2H3,(H,30,39)(H,31,33,35). The molecule has 0 spiro atoms. The molecule has 1 aromatic carbocycles. The molecule has 0 saturated carbocycles. The van der Waals surface area contributed by atoms with Crippen molar-refractivity contribution in [3.05, 3.63) is 84.6 Å². The van der Waals surface area contributed by atoms with Gasteiger partial charge in [-0.3, -0.25) is 4.79 Å². The number of nitrogens with one attached hydrogen (secondary N) is 2. The minimum absolute atomic E-state index is 0.199. The number of rotatable bonds is 8. The topological polar surface area (TPSA) is 122 Å². The maximum Gasteiger partial charge on any atom is 0.243 e. The summed E-state index contributed by atoms with van der Waals surface area (Å²) < 4.78 is 7.75. The van der Waals surface area contributed by atoms with Gasteiger partial charge in [-0.05, 0) is 66.8 Å². The number of ether oxygens (including phenoxy) is 1. The smallest absolute Gasteiger partial charge is 0.243 e. The predicted octanol–water partition coefficient (Wildman–Crippen LogP) is 3.60. The monoisotopic (exact) mass is 535 g/mol. The Balaban J connectivity index is 1.25. The molecule has 40 heavy (non-hydrogen) atoms. The van der Waals surface area contributed by atoms with Crippen LogP contribution in [0.3, 0.4) is 0 Å². The van der Waals surface area contributed by atoms with Gasteiger partial charge in [-0.1, -0.05) is 12.6 Å². The van der Waals surface area contributed by atoms with E-state index in [1.807, 2.05) is 18.3 Å². The Bertz CT molecular complexity index is 1720. The number of benzene rings is 1. The number of nitrogens with zero attached hydrogens (tertiary/aromatic N) is 7. The van der Waals surface area contributed by atoms with Crippen LogP contribution < -0.4 is 20.3 Å². The van der Waals surface area contributed by atoms with Crippen LogP contribution in [0.1, 0.15) is 23.1 Å². The Morgan fingerprint density at radius 2 is 2.08 bits per heavy atom. The molecular weight excluding hydrogens is 506 g/mol. The molecule has 11 nitrogen and oxygen atoms in total. The van der Waals surface area contributed by atoms with Crippen molar-refractivity contribution >= 4 is 39.9 Å². The number of fused-ring (bicyclic) bond motifs is 3. The average Bonchev–Trinajstić information content (AvgIpc) is 3.34. The van der Waals surface area contributed by atoms with E-state index in [2.05, 4.69) is 73.4 Å². The Kier molecular flexibility index (Phi) is 6.92. The van der Waals surface area contributed by atoms with Crippen molar-refractivity contribution in [1.82, 2.24) is 34.9 Å². The Morgan fingerprint density at radius 3 is 2.95 bits per heavy atom. The Labute approximate surface area is 231 Å². The highest BCUT2D eigenvalue weighted by Crippen LogP contribution is 2.34. The summed E-state index contributed by atoms with van der Waals surface area (Å²) in [6.07, 6.45) is 7.93. The first kappa shape index (κ1) is 25.2. The highest BCUT2D eigenvalue weighted by Gasteiger charge is 2.21. The van der Waals surface area contributed by atoms with Crippen LogP contribution in [-0.2, 0) is 11.2 Å². The zero-order valence-electron chi connectivity index (χ0n) is 22.2. The van der Waals surface area contributed by atoms with E-state index in [0.717, 1.165) is 36.3 Å². The summed E-state index contributed by atoms with van der Waals surface area (Å²) in [4.78, 5) is 31.9. The maximum atomic E-state index is 11.6. The second-order valence-electron chi connectivity index (χ2n) is 9.63. The van der Waals surface area contributed by atoms with E-state index >= 15 is 0 Å². The van der Waals surface area contributed by atoms with Gasteiger partial charge in [0.2, 0.25) is 5.91 Å². The van der Waals surface area contributed by atoms with E-state index < -0.39 is 0 Å². The van der Waals surface area contributed by atoms with Crippen molar-refractivity contribution in [2.75, 3.05) is 36.5 Å². The van der Waals surface area contributed by atoms with Crippen LogP contribution in [0.5, 0.6) is 5.75 Å². The number of carbonyl (C=O) groups is 1. The summed E-state index contributed by atoms with van der Waals surface area (Å²) >= 11 is 0. The van der Waals surface area contributed by atoms with Crippen molar-refractivity contribution in [1.29, 1.82) is 0 Å². The number of aromatic nitrogens is 6. The van der Waals surface area contributed by atoms with Crippen molar-refractivity contribution < 1.29 is 9.53 Å². The number of hydrogen-bond donors (Lipinski definition) is 2. The zero-order valence-corrected chi connectivity index (χ0v) is 22.2. The lowest BCUT2D eigenvalue weighted by molar-refractivity contribution is -0.116. The molecule has 1 amide bonds. The first-order valence-electron chi connectivity index (χ1n) is 13.2. The lowest BCUT2D eigenvalue weighted by atomic mass is 10.0. The third-order valence-electron chi connectivity index (χ3n) is 6.90. The lowest BCUT2D eigenvalue weighted by Gasteiger charge is -2.23. The Morgan fingerprint density at radius 1 is 1.15 bits per heavy atom. The van der Waals surface area contributed by atoms with Crippen molar-refractivity contribution in [2.45, 2.75) is 19.8 Å². The van der Waals surface area contributed by atoms with E-state index in [-0.39, 0.29) is 5.91 Å². The number of amides is 1. The molecule has 0 fully saturated rings. The highest BCUT2D eigenvalue weighted by atomic mass is 16.5. The van der Waals surface area contributed by atoms with Crippen molar-refractivity contribution in [3.8, 4) is 5.75 Å². The van der Waals surface area contributed by atoms with Crippen LogP contribution in [0.4, 0.5) is 17.3 Å². The number of carbonyl (C=O) groups excluding carboxylic acids is 1. The molecule has 0 radical (unpaired) electrons. The van der Waals surface area contributed by atoms with Crippen LogP contribution in [0, 0.1) is 6.92 Å². The third-order valence-corrected chi connectivity index (χ3v) is 6.90. The number of hydrogen-bond acceptors (Lipinski definition) is 9. The predicted molar refractivity (Wildman–Crippen MR) is 153 cm³/mol.